The van der Waals surface area contributed by atoms with E-state index < -0.39 is 25.2 Å². The van der Waals surface area contributed by atoms with E-state index in [1.807, 2.05) is 0 Å². The maximum atomic E-state index is 11.9. The number of benzene rings is 1. The molecule has 2 N–H and O–H groups in total. The van der Waals surface area contributed by atoms with Gasteiger partial charge >= 0.3 is 12.1 Å². The Morgan fingerprint density at radius 1 is 1.44 bits per heavy atom. The number of carbonyl (C=O) groups excluding carboxylic acids is 1. The molecule has 1 aromatic rings. The highest BCUT2D eigenvalue weighted by molar-refractivity contribution is 9.10. The molecule has 0 atom stereocenters. The molecule has 100 valence electrons. The molecule has 0 unspecified atom stereocenters. The van der Waals surface area contributed by atoms with Gasteiger partial charge in [0, 0.05) is 10.2 Å². The van der Waals surface area contributed by atoms with Gasteiger partial charge in [0.1, 0.15) is 6.61 Å². The summed E-state index contributed by atoms with van der Waals surface area (Å²) < 4.78 is 40.8. The molecular formula is C11H11BrF3NO2. The number of esters is 1. The van der Waals surface area contributed by atoms with E-state index in [4.69, 9.17) is 5.73 Å². The first-order valence-electron chi connectivity index (χ1n) is 5.00. The quantitative estimate of drug-likeness (QED) is 0.684. The predicted molar refractivity (Wildman–Crippen MR) is 64.2 cm³/mol. The van der Waals surface area contributed by atoms with Crippen molar-refractivity contribution >= 4 is 27.6 Å². The van der Waals surface area contributed by atoms with E-state index in [1.54, 1.807) is 13.0 Å². The minimum atomic E-state index is -4.34. The first-order chi connectivity index (χ1) is 8.20. The van der Waals surface area contributed by atoms with Gasteiger partial charge in [0.05, 0.1) is 12.0 Å². The van der Waals surface area contributed by atoms with Crippen LogP contribution in [0.2, 0.25) is 0 Å². The third-order valence-electron chi connectivity index (χ3n) is 2.25. The number of rotatable bonds is 3. The van der Waals surface area contributed by atoms with Crippen molar-refractivity contribution < 1.29 is 22.7 Å². The van der Waals surface area contributed by atoms with Crippen LogP contribution in [-0.2, 0) is 4.74 Å². The Kier molecular flexibility index (Phi) is 4.61. The minimum absolute atomic E-state index is 0.157. The molecule has 1 rings (SSSR count). The standard InChI is InChI=1S/C11H11BrF3NO2/c1-6-8(4-7(12)5-9(6)16)10(17)18-3-2-11(13,14)15/h4-5H,2-3,16H2,1H3. The fourth-order valence-corrected chi connectivity index (χ4v) is 1.72. The van der Waals surface area contributed by atoms with Crippen LogP contribution in [0.1, 0.15) is 22.3 Å². The van der Waals surface area contributed by atoms with Crippen molar-refractivity contribution in [1.82, 2.24) is 0 Å². The number of anilines is 1. The number of carbonyl (C=O) groups is 1. The number of hydrogen-bond acceptors (Lipinski definition) is 3. The van der Waals surface area contributed by atoms with Crippen molar-refractivity contribution in [2.75, 3.05) is 12.3 Å². The second-order valence-electron chi connectivity index (χ2n) is 3.67. The van der Waals surface area contributed by atoms with Crippen LogP contribution in [0.25, 0.3) is 0 Å². The van der Waals surface area contributed by atoms with E-state index in [9.17, 15) is 18.0 Å². The molecule has 0 bridgehead atoms. The summed E-state index contributed by atoms with van der Waals surface area (Å²) in [5, 5.41) is 0. The van der Waals surface area contributed by atoms with Gasteiger partial charge in [-0.25, -0.2) is 4.79 Å². The molecule has 0 aliphatic rings. The predicted octanol–water partition coefficient (Wildman–Crippen LogP) is 3.45. The Morgan fingerprint density at radius 2 is 2.06 bits per heavy atom. The van der Waals surface area contributed by atoms with E-state index in [2.05, 4.69) is 20.7 Å². The second kappa shape index (κ2) is 5.60. The topological polar surface area (TPSA) is 52.3 Å². The average molecular weight is 326 g/mol. The van der Waals surface area contributed by atoms with Gasteiger partial charge < -0.3 is 10.5 Å². The fraction of sp³-hybridized carbons (Fsp3) is 0.364. The SMILES string of the molecule is Cc1c(N)cc(Br)cc1C(=O)OCCC(F)(F)F. The summed E-state index contributed by atoms with van der Waals surface area (Å²) in [5.41, 5.74) is 6.65. The summed E-state index contributed by atoms with van der Waals surface area (Å²) in [6.45, 7) is 0.899. The van der Waals surface area contributed by atoms with Crippen LogP contribution < -0.4 is 5.73 Å². The molecule has 0 spiro atoms. The molecule has 0 saturated heterocycles. The first-order valence-corrected chi connectivity index (χ1v) is 5.79. The van der Waals surface area contributed by atoms with Crippen molar-refractivity contribution in [2.45, 2.75) is 19.5 Å². The lowest BCUT2D eigenvalue weighted by molar-refractivity contribution is -0.141. The average Bonchev–Trinajstić information content (AvgIpc) is 2.21. The van der Waals surface area contributed by atoms with Crippen LogP contribution in [0.4, 0.5) is 18.9 Å². The lowest BCUT2D eigenvalue weighted by Gasteiger charge is -2.10. The third kappa shape index (κ3) is 4.21. The number of nitrogen functional groups attached to an aromatic ring is 1. The number of hydrogen-bond donors (Lipinski definition) is 1. The molecule has 0 heterocycles. The molecule has 0 fully saturated rings. The van der Waals surface area contributed by atoms with Crippen LogP contribution in [0.15, 0.2) is 16.6 Å². The number of alkyl halides is 3. The Morgan fingerprint density at radius 3 is 2.61 bits per heavy atom. The molecule has 0 aliphatic carbocycles. The van der Waals surface area contributed by atoms with Crippen LogP contribution in [0.3, 0.4) is 0 Å². The summed E-state index contributed by atoms with van der Waals surface area (Å²) in [7, 11) is 0. The number of ether oxygens (including phenoxy) is 1. The van der Waals surface area contributed by atoms with Crippen LogP contribution in [0, 0.1) is 6.92 Å². The summed E-state index contributed by atoms with van der Waals surface area (Å²) in [4.78, 5) is 11.6. The largest absolute Gasteiger partial charge is 0.462 e. The summed E-state index contributed by atoms with van der Waals surface area (Å²) in [5.74, 6) is -0.815. The van der Waals surface area contributed by atoms with E-state index in [0.29, 0.717) is 15.7 Å². The van der Waals surface area contributed by atoms with Crippen molar-refractivity contribution in [3.05, 3.63) is 27.7 Å². The van der Waals surface area contributed by atoms with Crippen LogP contribution >= 0.6 is 15.9 Å². The third-order valence-corrected chi connectivity index (χ3v) is 2.71. The van der Waals surface area contributed by atoms with Gasteiger partial charge in [0.25, 0.3) is 0 Å². The number of halogens is 4. The van der Waals surface area contributed by atoms with E-state index in [-0.39, 0.29) is 5.56 Å². The second-order valence-corrected chi connectivity index (χ2v) is 4.58. The minimum Gasteiger partial charge on any atom is -0.462 e. The van der Waals surface area contributed by atoms with E-state index in [1.165, 1.54) is 6.07 Å². The lowest BCUT2D eigenvalue weighted by Crippen LogP contribution is -2.15. The monoisotopic (exact) mass is 325 g/mol. The summed E-state index contributed by atoms with van der Waals surface area (Å²) in [6, 6.07) is 3.06. The Balaban J connectivity index is 2.73. The molecule has 3 nitrogen and oxygen atoms in total. The van der Waals surface area contributed by atoms with Crippen LogP contribution in [0.5, 0.6) is 0 Å². The van der Waals surface area contributed by atoms with Gasteiger partial charge in [-0.1, -0.05) is 15.9 Å². The first kappa shape index (κ1) is 14.8. The van der Waals surface area contributed by atoms with Crippen molar-refractivity contribution in [3.8, 4) is 0 Å². The zero-order valence-corrected chi connectivity index (χ0v) is 11.1. The highest BCUT2D eigenvalue weighted by atomic mass is 79.9. The zero-order valence-electron chi connectivity index (χ0n) is 9.47. The molecule has 0 radical (unpaired) electrons. The summed E-state index contributed by atoms with van der Waals surface area (Å²) in [6.07, 6.45) is -5.51. The summed E-state index contributed by atoms with van der Waals surface area (Å²) >= 11 is 3.15. The molecule has 1 aromatic carbocycles. The van der Waals surface area contributed by atoms with Crippen molar-refractivity contribution in [1.29, 1.82) is 0 Å². The Hall–Kier alpha value is -1.24. The highest BCUT2D eigenvalue weighted by Gasteiger charge is 2.27. The van der Waals surface area contributed by atoms with Crippen LogP contribution in [-0.4, -0.2) is 18.8 Å². The van der Waals surface area contributed by atoms with E-state index in [0.717, 1.165) is 0 Å². The van der Waals surface area contributed by atoms with Gasteiger partial charge in [-0.3, -0.25) is 0 Å². The molecule has 0 amide bonds. The van der Waals surface area contributed by atoms with Gasteiger partial charge in [0.15, 0.2) is 0 Å². The Labute approximate surface area is 110 Å². The fourth-order valence-electron chi connectivity index (χ4n) is 1.25. The zero-order chi connectivity index (χ0) is 13.9. The number of nitrogens with two attached hydrogens (primary N) is 1. The normalized spacial score (nSPS) is 11.4. The lowest BCUT2D eigenvalue weighted by atomic mass is 10.1. The molecule has 0 saturated carbocycles. The molecular weight excluding hydrogens is 315 g/mol. The van der Waals surface area contributed by atoms with Gasteiger partial charge in [-0.15, -0.1) is 0 Å². The van der Waals surface area contributed by atoms with Gasteiger partial charge in [-0.05, 0) is 24.6 Å². The van der Waals surface area contributed by atoms with Crippen molar-refractivity contribution in [2.24, 2.45) is 0 Å². The maximum absolute atomic E-state index is 11.9. The molecule has 0 aromatic heterocycles. The van der Waals surface area contributed by atoms with E-state index >= 15 is 0 Å². The van der Waals surface area contributed by atoms with Gasteiger partial charge in [-0.2, -0.15) is 13.2 Å². The highest BCUT2D eigenvalue weighted by Crippen LogP contribution is 2.24. The molecule has 18 heavy (non-hydrogen) atoms. The molecule has 0 aliphatic heterocycles. The van der Waals surface area contributed by atoms with Gasteiger partial charge in [0.2, 0.25) is 0 Å². The molecule has 7 heteroatoms. The Bertz CT molecular complexity index is 460. The maximum Gasteiger partial charge on any atom is 0.392 e. The van der Waals surface area contributed by atoms with Crippen molar-refractivity contribution in [3.63, 3.8) is 0 Å². The smallest absolute Gasteiger partial charge is 0.392 e.